The number of hydrogen-bond acceptors (Lipinski definition) is 3. The summed E-state index contributed by atoms with van der Waals surface area (Å²) in [6.07, 6.45) is 2.81. The van der Waals surface area contributed by atoms with Gasteiger partial charge in [-0.25, -0.2) is 4.98 Å². The number of hydrogen-bond donors (Lipinski definition) is 2. The molecule has 0 bridgehead atoms. The van der Waals surface area contributed by atoms with Gasteiger partial charge in [-0.05, 0) is 24.1 Å². The number of nitrogens with zero attached hydrogens (tertiary/aromatic N) is 1. The lowest BCUT2D eigenvalue weighted by molar-refractivity contribution is 0.228. The Labute approximate surface area is 119 Å². The lowest BCUT2D eigenvalue weighted by Gasteiger charge is -2.07. The van der Waals surface area contributed by atoms with Crippen molar-refractivity contribution in [1.29, 1.82) is 0 Å². The molecule has 2 N–H and O–H groups in total. The average Bonchev–Trinajstić information content (AvgIpc) is 3.03. The summed E-state index contributed by atoms with van der Waals surface area (Å²) >= 11 is 0. The number of benzene rings is 1. The van der Waals surface area contributed by atoms with Crippen LogP contribution >= 0.6 is 0 Å². The van der Waals surface area contributed by atoms with Crippen LogP contribution in [0.15, 0.2) is 30.5 Å². The zero-order valence-corrected chi connectivity index (χ0v) is 12.0. The molecule has 0 amide bonds. The number of H-pyrrole nitrogens is 1. The minimum absolute atomic E-state index is 0.0197. The first-order valence-corrected chi connectivity index (χ1v) is 7.21. The summed E-state index contributed by atoms with van der Waals surface area (Å²) in [5, 5.41) is 3.41. The first-order chi connectivity index (χ1) is 9.72. The Morgan fingerprint density at radius 1 is 1.40 bits per heavy atom. The van der Waals surface area contributed by atoms with Crippen molar-refractivity contribution in [1.82, 2.24) is 15.3 Å². The minimum Gasteiger partial charge on any atom is -0.482 e. The lowest BCUT2D eigenvalue weighted by Crippen LogP contribution is -2.19. The van der Waals surface area contributed by atoms with E-state index in [1.165, 1.54) is 5.56 Å². The molecule has 20 heavy (non-hydrogen) atoms. The molecule has 0 spiro atoms. The monoisotopic (exact) mass is 271 g/mol. The van der Waals surface area contributed by atoms with E-state index in [0.29, 0.717) is 5.92 Å². The predicted octanol–water partition coefficient (Wildman–Crippen LogP) is 2.83. The molecule has 0 aliphatic carbocycles. The Morgan fingerprint density at radius 2 is 2.25 bits per heavy atom. The Kier molecular flexibility index (Phi) is 3.74. The van der Waals surface area contributed by atoms with Crippen molar-refractivity contribution in [2.75, 3.05) is 6.54 Å². The molecule has 1 aliphatic rings. The number of ether oxygens (including phenoxy) is 1. The highest BCUT2D eigenvalue weighted by Gasteiger charge is 2.26. The van der Waals surface area contributed by atoms with E-state index in [4.69, 9.17) is 4.74 Å². The van der Waals surface area contributed by atoms with Gasteiger partial charge in [-0.15, -0.1) is 0 Å². The van der Waals surface area contributed by atoms with Gasteiger partial charge in [0.15, 0.2) is 6.10 Å². The van der Waals surface area contributed by atoms with E-state index in [2.05, 4.69) is 35.2 Å². The second-order valence-corrected chi connectivity index (χ2v) is 5.74. The maximum absolute atomic E-state index is 5.93. The van der Waals surface area contributed by atoms with Crippen molar-refractivity contribution >= 4 is 0 Å². The van der Waals surface area contributed by atoms with Gasteiger partial charge in [0, 0.05) is 24.9 Å². The van der Waals surface area contributed by atoms with E-state index in [9.17, 15) is 0 Å². The van der Waals surface area contributed by atoms with E-state index in [1.54, 1.807) is 0 Å². The molecule has 1 unspecified atom stereocenters. The first-order valence-electron chi connectivity index (χ1n) is 7.21. The fourth-order valence-electron chi connectivity index (χ4n) is 2.46. The molecule has 4 heteroatoms. The van der Waals surface area contributed by atoms with Crippen molar-refractivity contribution in [3.05, 3.63) is 47.5 Å². The van der Waals surface area contributed by atoms with Crippen molar-refractivity contribution in [3.63, 3.8) is 0 Å². The molecule has 4 nitrogen and oxygen atoms in total. The number of aromatic nitrogens is 2. The van der Waals surface area contributed by atoms with Crippen LogP contribution in [0.4, 0.5) is 0 Å². The van der Waals surface area contributed by atoms with Crippen molar-refractivity contribution in [2.45, 2.75) is 32.9 Å². The molecule has 2 aromatic rings. The highest BCUT2D eigenvalue weighted by Crippen LogP contribution is 2.35. The number of rotatable bonds is 5. The second-order valence-electron chi connectivity index (χ2n) is 5.74. The first kappa shape index (κ1) is 13.2. The zero-order valence-electron chi connectivity index (χ0n) is 12.0. The summed E-state index contributed by atoms with van der Waals surface area (Å²) < 4.78 is 5.93. The topological polar surface area (TPSA) is 49.9 Å². The van der Waals surface area contributed by atoms with Gasteiger partial charge in [0.1, 0.15) is 11.6 Å². The molecule has 0 fully saturated rings. The molecular weight excluding hydrogens is 250 g/mol. The molecule has 0 radical (unpaired) electrons. The number of fused-ring (bicyclic) bond motifs is 1. The van der Waals surface area contributed by atoms with E-state index in [0.717, 1.165) is 36.8 Å². The predicted molar refractivity (Wildman–Crippen MR) is 78.6 cm³/mol. The smallest absolute Gasteiger partial charge is 0.160 e. The number of aromatic amines is 1. The average molecular weight is 271 g/mol. The third-order valence-electron chi connectivity index (χ3n) is 3.47. The van der Waals surface area contributed by atoms with Gasteiger partial charge in [-0.3, -0.25) is 0 Å². The number of para-hydroxylation sites is 1. The SMILES string of the molecule is CC(C)CNCc1cnc(C2Cc3ccccc3O2)[nH]1. The zero-order chi connectivity index (χ0) is 13.9. The van der Waals surface area contributed by atoms with Crippen LogP contribution in [0.3, 0.4) is 0 Å². The Morgan fingerprint density at radius 3 is 3.05 bits per heavy atom. The third-order valence-corrected chi connectivity index (χ3v) is 3.47. The number of nitrogens with one attached hydrogen (secondary N) is 2. The van der Waals surface area contributed by atoms with E-state index >= 15 is 0 Å². The minimum atomic E-state index is 0.0197. The van der Waals surface area contributed by atoms with Crippen LogP contribution in [0.1, 0.15) is 37.0 Å². The molecular formula is C16H21N3O. The molecule has 106 valence electrons. The van der Waals surface area contributed by atoms with Crippen molar-refractivity contribution in [3.8, 4) is 5.75 Å². The highest BCUT2D eigenvalue weighted by atomic mass is 16.5. The van der Waals surface area contributed by atoms with E-state index in [-0.39, 0.29) is 6.10 Å². The Bertz CT molecular complexity index is 552. The van der Waals surface area contributed by atoms with Crippen molar-refractivity contribution in [2.24, 2.45) is 5.92 Å². The summed E-state index contributed by atoms with van der Waals surface area (Å²) in [6.45, 7) is 6.24. The van der Waals surface area contributed by atoms with Crippen LogP contribution < -0.4 is 10.1 Å². The van der Waals surface area contributed by atoms with Gasteiger partial charge < -0.3 is 15.0 Å². The van der Waals surface area contributed by atoms with Crippen LogP contribution in [0, 0.1) is 5.92 Å². The van der Waals surface area contributed by atoms with E-state index < -0.39 is 0 Å². The van der Waals surface area contributed by atoms with Crippen LogP contribution in [0.2, 0.25) is 0 Å². The normalized spacial score (nSPS) is 17.2. The molecule has 1 aliphatic heterocycles. The van der Waals surface area contributed by atoms with Gasteiger partial charge in [-0.1, -0.05) is 32.0 Å². The molecule has 1 aromatic heterocycles. The molecule has 1 aromatic carbocycles. The molecule has 0 saturated carbocycles. The fourth-order valence-corrected chi connectivity index (χ4v) is 2.46. The van der Waals surface area contributed by atoms with Crippen molar-refractivity contribution < 1.29 is 4.74 Å². The van der Waals surface area contributed by atoms with Gasteiger partial charge in [0.2, 0.25) is 0 Å². The fraction of sp³-hybridized carbons (Fsp3) is 0.438. The third kappa shape index (κ3) is 2.85. The summed E-state index contributed by atoms with van der Waals surface area (Å²) in [5.41, 5.74) is 2.37. The summed E-state index contributed by atoms with van der Waals surface area (Å²) in [7, 11) is 0. The summed E-state index contributed by atoms with van der Waals surface area (Å²) in [5.74, 6) is 2.56. The largest absolute Gasteiger partial charge is 0.482 e. The highest BCUT2D eigenvalue weighted by molar-refractivity contribution is 5.38. The second kappa shape index (κ2) is 5.67. The van der Waals surface area contributed by atoms with Crippen LogP contribution in [0.5, 0.6) is 5.75 Å². The van der Waals surface area contributed by atoms with Gasteiger partial charge >= 0.3 is 0 Å². The summed E-state index contributed by atoms with van der Waals surface area (Å²) in [4.78, 5) is 7.82. The van der Waals surface area contributed by atoms with Gasteiger partial charge in [0.05, 0.1) is 0 Å². The van der Waals surface area contributed by atoms with Crippen LogP contribution in [-0.4, -0.2) is 16.5 Å². The standard InChI is InChI=1S/C16H21N3O/c1-11(2)8-17-9-13-10-18-16(19-13)15-7-12-5-3-4-6-14(12)20-15/h3-6,10-11,15,17H,7-9H2,1-2H3,(H,18,19). The summed E-state index contributed by atoms with van der Waals surface area (Å²) in [6, 6.07) is 8.19. The van der Waals surface area contributed by atoms with E-state index in [1.807, 2.05) is 24.4 Å². The lowest BCUT2D eigenvalue weighted by atomic mass is 10.1. The molecule has 3 rings (SSSR count). The Hall–Kier alpha value is -1.81. The van der Waals surface area contributed by atoms with Crippen LogP contribution in [-0.2, 0) is 13.0 Å². The maximum atomic E-state index is 5.93. The molecule has 1 atom stereocenters. The number of imidazole rings is 1. The molecule has 0 saturated heterocycles. The van der Waals surface area contributed by atoms with Gasteiger partial charge in [-0.2, -0.15) is 0 Å². The molecule has 2 heterocycles. The quantitative estimate of drug-likeness (QED) is 0.879. The maximum Gasteiger partial charge on any atom is 0.160 e. The Balaban J connectivity index is 1.61. The van der Waals surface area contributed by atoms with Gasteiger partial charge in [0.25, 0.3) is 0 Å². The van der Waals surface area contributed by atoms with Crippen LogP contribution in [0.25, 0.3) is 0 Å².